The first kappa shape index (κ1) is 18.0. The monoisotopic (exact) mass is 385 g/mol. The van der Waals surface area contributed by atoms with E-state index in [-0.39, 0.29) is 19.3 Å². The van der Waals surface area contributed by atoms with Crippen LogP contribution in [0.3, 0.4) is 0 Å². The van der Waals surface area contributed by atoms with Gasteiger partial charge < -0.3 is 29.0 Å². The summed E-state index contributed by atoms with van der Waals surface area (Å²) >= 11 is 0. The molecular weight excluding hydrogens is 366 g/mol. The van der Waals surface area contributed by atoms with E-state index in [1.54, 1.807) is 24.3 Å². The molecule has 0 spiro atoms. The van der Waals surface area contributed by atoms with Crippen LogP contribution in [0.15, 0.2) is 48.5 Å². The summed E-state index contributed by atoms with van der Waals surface area (Å²) < 4.78 is 27.4. The normalized spacial score (nSPS) is 19.4. The van der Waals surface area contributed by atoms with Gasteiger partial charge in [0.1, 0.15) is 19.3 Å². The standard InChI is InChI=1S/C20H19NO7/c22-19(21-9-13-10-24-14-5-1-3-7-16(14)27-13)12-26-20(23)18-11-25-15-6-2-4-8-17(15)28-18/h1-8,13,18H,9-12H2,(H,21,22)/t13-,18+/m1/s1. The fourth-order valence-electron chi connectivity index (χ4n) is 2.81. The van der Waals surface area contributed by atoms with Crippen LogP contribution in [-0.4, -0.2) is 50.4 Å². The van der Waals surface area contributed by atoms with Gasteiger partial charge in [0.25, 0.3) is 5.91 Å². The summed E-state index contributed by atoms with van der Waals surface area (Å²) in [6.07, 6.45) is -1.23. The van der Waals surface area contributed by atoms with Gasteiger partial charge >= 0.3 is 5.97 Å². The molecule has 2 heterocycles. The Kier molecular flexibility index (Phi) is 5.18. The Morgan fingerprint density at radius 3 is 2.21 bits per heavy atom. The molecule has 2 aliphatic rings. The van der Waals surface area contributed by atoms with Gasteiger partial charge in [0.15, 0.2) is 29.6 Å². The molecule has 0 saturated carbocycles. The molecule has 4 rings (SSSR count). The summed E-state index contributed by atoms with van der Waals surface area (Å²) in [7, 11) is 0. The number of amides is 1. The largest absolute Gasteiger partial charge is 0.486 e. The number of fused-ring (bicyclic) bond motifs is 2. The van der Waals surface area contributed by atoms with Crippen LogP contribution in [-0.2, 0) is 14.3 Å². The molecule has 2 aromatic carbocycles. The van der Waals surface area contributed by atoms with Crippen LogP contribution in [0, 0.1) is 0 Å². The summed E-state index contributed by atoms with van der Waals surface area (Å²) in [5.41, 5.74) is 0. The molecule has 28 heavy (non-hydrogen) atoms. The number of carbonyl (C=O) groups excluding carboxylic acids is 2. The molecule has 8 heteroatoms. The van der Waals surface area contributed by atoms with E-state index in [9.17, 15) is 9.59 Å². The van der Waals surface area contributed by atoms with Crippen molar-refractivity contribution in [3.05, 3.63) is 48.5 Å². The first-order chi connectivity index (χ1) is 13.7. The van der Waals surface area contributed by atoms with E-state index in [2.05, 4.69) is 5.32 Å². The van der Waals surface area contributed by atoms with E-state index < -0.39 is 24.6 Å². The highest BCUT2D eigenvalue weighted by Crippen LogP contribution is 2.31. The van der Waals surface area contributed by atoms with Crippen LogP contribution in [0.5, 0.6) is 23.0 Å². The molecule has 1 N–H and O–H groups in total. The molecule has 0 radical (unpaired) electrons. The minimum Gasteiger partial charge on any atom is -0.486 e. The third-order valence-corrected chi connectivity index (χ3v) is 4.21. The number of benzene rings is 2. The Balaban J connectivity index is 1.19. The van der Waals surface area contributed by atoms with Crippen molar-refractivity contribution in [1.29, 1.82) is 0 Å². The molecule has 8 nitrogen and oxygen atoms in total. The van der Waals surface area contributed by atoms with Crippen LogP contribution in [0.25, 0.3) is 0 Å². The molecule has 146 valence electrons. The number of ether oxygens (including phenoxy) is 5. The SMILES string of the molecule is O=C(COC(=O)[C@@H]1COc2ccccc2O1)NC[C@@H]1COc2ccccc2O1. The molecular formula is C20H19NO7. The minimum absolute atomic E-state index is 0.0319. The Morgan fingerprint density at radius 2 is 1.50 bits per heavy atom. The number of hydrogen-bond donors (Lipinski definition) is 1. The Morgan fingerprint density at radius 1 is 0.893 bits per heavy atom. The van der Waals surface area contributed by atoms with E-state index in [0.717, 1.165) is 0 Å². The molecule has 0 unspecified atom stereocenters. The van der Waals surface area contributed by atoms with Crippen molar-refractivity contribution in [2.45, 2.75) is 12.2 Å². The lowest BCUT2D eigenvalue weighted by Gasteiger charge is -2.26. The van der Waals surface area contributed by atoms with Crippen molar-refractivity contribution in [2.24, 2.45) is 0 Å². The zero-order valence-corrected chi connectivity index (χ0v) is 15.0. The molecule has 0 aromatic heterocycles. The molecule has 0 saturated heterocycles. The second kappa shape index (κ2) is 8.08. The minimum atomic E-state index is -0.908. The molecule has 0 bridgehead atoms. The lowest BCUT2D eigenvalue weighted by molar-refractivity contribution is -0.157. The highest BCUT2D eigenvalue weighted by molar-refractivity contribution is 5.82. The summed E-state index contributed by atoms with van der Waals surface area (Å²) in [5, 5.41) is 2.66. The van der Waals surface area contributed by atoms with Crippen LogP contribution < -0.4 is 24.3 Å². The second-order valence-electron chi connectivity index (χ2n) is 6.27. The van der Waals surface area contributed by atoms with Gasteiger partial charge in [-0.2, -0.15) is 0 Å². The number of esters is 1. The fraction of sp³-hybridized carbons (Fsp3) is 0.300. The number of nitrogens with one attached hydrogen (secondary N) is 1. The van der Waals surface area contributed by atoms with Crippen molar-refractivity contribution in [2.75, 3.05) is 26.4 Å². The van der Waals surface area contributed by atoms with Gasteiger partial charge in [-0.05, 0) is 24.3 Å². The van der Waals surface area contributed by atoms with Crippen molar-refractivity contribution in [1.82, 2.24) is 5.32 Å². The molecule has 1 amide bonds. The second-order valence-corrected chi connectivity index (χ2v) is 6.27. The molecule has 2 aromatic rings. The topological polar surface area (TPSA) is 92.3 Å². The third-order valence-electron chi connectivity index (χ3n) is 4.21. The molecule has 0 fully saturated rings. The zero-order chi connectivity index (χ0) is 19.3. The number of hydrogen-bond acceptors (Lipinski definition) is 7. The smallest absolute Gasteiger partial charge is 0.351 e. The lowest BCUT2D eigenvalue weighted by atomic mass is 10.2. The average Bonchev–Trinajstić information content (AvgIpc) is 2.75. The van der Waals surface area contributed by atoms with Crippen molar-refractivity contribution < 1.29 is 33.3 Å². The summed E-state index contributed by atoms with van der Waals surface area (Å²) in [6.45, 7) is 0.180. The van der Waals surface area contributed by atoms with Crippen molar-refractivity contribution >= 4 is 11.9 Å². The van der Waals surface area contributed by atoms with Gasteiger partial charge in [-0.15, -0.1) is 0 Å². The molecule has 2 atom stereocenters. The van der Waals surface area contributed by atoms with E-state index in [4.69, 9.17) is 23.7 Å². The number of carbonyl (C=O) groups is 2. The quantitative estimate of drug-likeness (QED) is 0.776. The Labute approximate surface area is 161 Å². The molecule has 2 aliphatic heterocycles. The van der Waals surface area contributed by atoms with Crippen molar-refractivity contribution in [3.63, 3.8) is 0 Å². The maximum absolute atomic E-state index is 12.1. The average molecular weight is 385 g/mol. The highest BCUT2D eigenvalue weighted by atomic mass is 16.6. The zero-order valence-electron chi connectivity index (χ0n) is 15.0. The van der Waals surface area contributed by atoms with Gasteiger partial charge in [-0.25, -0.2) is 4.79 Å². The summed E-state index contributed by atoms with van der Waals surface area (Å²) in [6, 6.07) is 14.4. The van der Waals surface area contributed by atoms with Gasteiger partial charge in [-0.3, -0.25) is 4.79 Å². The summed E-state index contributed by atoms with van der Waals surface area (Å²) in [5.74, 6) is 1.25. The van der Waals surface area contributed by atoms with Gasteiger partial charge in [-0.1, -0.05) is 24.3 Å². The van der Waals surface area contributed by atoms with Crippen molar-refractivity contribution in [3.8, 4) is 23.0 Å². The fourth-order valence-corrected chi connectivity index (χ4v) is 2.81. The van der Waals surface area contributed by atoms with Crippen LogP contribution >= 0.6 is 0 Å². The lowest BCUT2D eigenvalue weighted by Crippen LogP contribution is -2.43. The van der Waals surface area contributed by atoms with E-state index in [0.29, 0.717) is 29.6 Å². The first-order valence-corrected chi connectivity index (χ1v) is 8.89. The highest BCUT2D eigenvalue weighted by Gasteiger charge is 2.29. The van der Waals surface area contributed by atoms with E-state index >= 15 is 0 Å². The van der Waals surface area contributed by atoms with Gasteiger partial charge in [0, 0.05) is 0 Å². The molecule has 0 aliphatic carbocycles. The maximum Gasteiger partial charge on any atom is 0.351 e. The Bertz CT molecular complexity index is 869. The van der Waals surface area contributed by atoms with Crippen LogP contribution in [0.1, 0.15) is 0 Å². The van der Waals surface area contributed by atoms with E-state index in [1.807, 2.05) is 24.3 Å². The van der Waals surface area contributed by atoms with Gasteiger partial charge in [0.2, 0.25) is 6.10 Å². The van der Waals surface area contributed by atoms with Gasteiger partial charge in [0.05, 0.1) is 6.54 Å². The van der Waals surface area contributed by atoms with Crippen LogP contribution in [0.2, 0.25) is 0 Å². The predicted octanol–water partition coefficient (Wildman–Crippen LogP) is 1.33. The maximum atomic E-state index is 12.1. The van der Waals surface area contributed by atoms with E-state index in [1.165, 1.54) is 0 Å². The van der Waals surface area contributed by atoms with Crippen LogP contribution in [0.4, 0.5) is 0 Å². The Hall–Kier alpha value is -3.42. The first-order valence-electron chi connectivity index (χ1n) is 8.89. The third kappa shape index (κ3) is 4.11. The predicted molar refractivity (Wildman–Crippen MR) is 96.7 cm³/mol. The summed E-state index contributed by atoms with van der Waals surface area (Å²) in [4.78, 5) is 24.1. The number of para-hydroxylation sites is 4. The number of rotatable bonds is 5.